The molecular formula is C17H22ClN3O. The highest BCUT2D eigenvalue weighted by molar-refractivity contribution is 6.33. The van der Waals surface area contributed by atoms with Gasteiger partial charge in [-0.05, 0) is 37.5 Å². The summed E-state index contributed by atoms with van der Waals surface area (Å²) in [6, 6.07) is 7.97. The third kappa shape index (κ3) is 4.38. The summed E-state index contributed by atoms with van der Waals surface area (Å²) in [5.74, 6) is -0.167. The molecule has 0 heterocycles. The lowest BCUT2D eigenvalue weighted by atomic mass is 9.92. The lowest BCUT2D eigenvalue weighted by Gasteiger charge is -2.26. The SMILES string of the molecule is Cc1ccc(NCC(=O)NC2(C#N)CCCCCC2)c(Cl)c1. The maximum absolute atomic E-state index is 12.2. The van der Waals surface area contributed by atoms with Crippen molar-refractivity contribution in [3.8, 4) is 6.07 Å². The number of rotatable bonds is 4. The van der Waals surface area contributed by atoms with Gasteiger partial charge in [0.05, 0.1) is 23.3 Å². The molecule has 2 N–H and O–H groups in total. The maximum Gasteiger partial charge on any atom is 0.240 e. The van der Waals surface area contributed by atoms with E-state index in [9.17, 15) is 10.1 Å². The van der Waals surface area contributed by atoms with Gasteiger partial charge in [-0.1, -0.05) is 43.4 Å². The number of halogens is 1. The predicted octanol–water partition coefficient (Wildman–Crippen LogP) is 3.79. The van der Waals surface area contributed by atoms with E-state index >= 15 is 0 Å². The first-order chi connectivity index (χ1) is 10.5. The van der Waals surface area contributed by atoms with Gasteiger partial charge >= 0.3 is 0 Å². The third-order valence-corrected chi connectivity index (χ3v) is 4.43. The molecule has 118 valence electrons. The highest BCUT2D eigenvalue weighted by Gasteiger charge is 2.32. The zero-order valence-electron chi connectivity index (χ0n) is 12.9. The highest BCUT2D eigenvalue weighted by atomic mass is 35.5. The Morgan fingerprint density at radius 3 is 2.59 bits per heavy atom. The van der Waals surface area contributed by atoms with Gasteiger partial charge in [0, 0.05) is 0 Å². The van der Waals surface area contributed by atoms with Crippen LogP contribution in [-0.4, -0.2) is 18.0 Å². The second kappa shape index (κ2) is 7.51. The second-order valence-corrected chi connectivity index (χ2v) is 6.40. The molecule has 4 nitrogen and oxygen atoms in total. The normalized spacial score (nSPS) is 17.1. The Bertz CT molecular complexity index is 572. The molecule has 1 aromatic carbocycles. The van der Waals surface area contributed by atoms with Crippen molar-refractivity contribution in [3.63, 3.8) is 0 Å². The van der Waals surface area contributed by atoms with Crippen molar-refractivity contribution in [2.24, 2.45) is 0 Å². The monoisotopic (exact) mass is 319 g/mol. The summed E-state index contributed by atoms with van der Waals surface area (Å²) >= 11 is 6.13. The highest BCUT2D eigenvalue weighted by Crippen LogP contribution is 2.26. The molecule has 1 fully saturated rings. The first kappa shape index (κ1) is 16.6. The number of hydrogen-bond acceptors (Lipinski definition) is 3. The van der Waals surface area contributed by atoms with Crippen molar-refractivity contribution in [2.45, 2.75) is 51.0 Å². The van der Waals surface area contributed by atoms with Crippen molar-refractivity contribution < 1.29 is 4.79 Å². The standard InChI is InChI=1S/C17H22ClN3O/c1-13-6-7-15(14(18)10-13)20-11-16(22)21-17(12-19)8-4-2-3-5-9-17/h6-7,10,20H,2-5,8-9,11H2,1H3,(H,21,22). The molecule has 1 saturated carbocycles. The van der Waals surface area contributed by atoms with E-state index < -0.39 is 5.54 Å². The first-order valence-electron chi connectivity index (χ1n) is 7.77. The van der Waals surface area contributed by atoms with Gasteiger partial charge < -0.3 is 10.6 Å². The summed E-state index contributed by atoms with van der Waals surface area (Å²) in [7, 11) is 0. The zero-order valence-corrected chi connectivity index (χ0v) is 13.7. The molecule has 0 unspecified atom stereocenters. The molecular weight excluding hydrogens is 298 g/mol. The van der Waals surface area contributed by atoms with Crippen LogP contribution < -0.4 is 10.6 Å². The van der Waals surface area contributed by atoms with Gasteiger partial charge in [0.2, 0.25) is 5.91 Å². The fraction of sp³-hybridized carbons (Fsp3) is 0.529. The van der Waals surface area contributed by atoms with Crippen LogP contribution in [0.2, 0.25) is 5.02 Å². The summed E-state index contributed by atoms with van der Waals surface area (Å²) < 4.78 is 0. The largest absolute Gasteiger partial charge is 0.375 e. The van der Waals surface area contributed by atoms with Crippen molar-refractivity contribution in [1.82, 2.24) is 5.32 Å². The Labute approximate surface area is 136 Å². The number of carbonyl (C=O) groups excluding carboxylic acids is 1. The van der Waals surface area contributed by atoms with E-state index in [0.717, 1.165) is 49.8 Å². The Balaban J connectivity index is 1.93. The molecule has 0 spiro atoms. The molecule has 0 aromatic heterocycles. The molecule has 0 aliphatic heterocycles. The number of nitriles is 1. The van der Waals surface area contributed by atoms with Crippen molar-refractivity contribution in [1.29, 1.82) is 5.26 Å². The van der Waals surface area contributed by atoms with Crippen molar-refractivity contribution in [2.75, 3.05) is 11.9 Å². The number of aryl methyl sites for hydroxylation is 1. The van der Waals surface area contributed by atoms with Crippen LogP contribution in [0.1, 0.15) is 44.1 Å². The Morgan fingerprint density at radius 2 is 2.00 bits per heavy atom. The molecule has 1 aliphatic rings. The van der Waals surface area contributed by atoms with Gasteiger partial charge in [0.1, 0.15) is 5.54 Å². The van der Waals surface area contributed by atoms with Gasteiger partial charge in [-0.15, -0.1) is 0 Å². The summed E-state index contributed by atoms with van der Waals surface area (Å²) in [5.41, 5.74) is 1.10. The van der Waals surface area contributed by atoms with Gasteiger partial charge in [0.25, 0.3) is 0 Å². The molecule has 0 radical (unpaired) electrons. The lowest BCUT2D eigenvalue weighted by molar-refractivity contribution is -0.120. The van der Waals surface area contributed by atoms with Crippen LogP contribution in [0.5, 0.6) is 0 Å². The number of nitrogens with one attached hydrogen (secondary N) is 2. The van der Waals surface area contributed by atoms with Gasteiger partial charge in [-0.2, -0.15) is 5.26 Å². The summed E-state index contributed by atoms with van der Waals surface area (Å²) in [6.07, 6.45) is 5.73. The molecule has 22 heavy (non-hydrogen) atoms. The summed E-state index contributed by atoms with van der Waals surface area (Å²) in [4.78, 5) is 12.2. The van der Waals surface area contributed by atoms with E-state index in [2.05, 4.69) is 16.7 Å². The number of anilines is 1. The summed E-state index contributed by atoms with van der Waals surface area (Å²) in [5, 5.41) is 16.0. The fourth-order valence-electron chi connectivity index (χ4n) is 2.85. The molecule has 0 saturated heterocycles. The van der Waals surface area contributed by atoms with E-state index in [-0.39, 0.29) is 12.5 Å². The predicted molar refractivity (Wildman–Crippen MR) is 88.9 cm³/mol. The minimum absolute atomic E-state index is 0.117. The molecule has 1 aromatic rings. The van der Waals surface area contributed by atoms with Crippen LogP contribution in [0, 0.1) is 18.3 Å². The van der Waals surface area contributed by atoms with E-state index in [1.54, 1.807) is 0 Å². The summed E-state index contributed by atoms with van der Waals surface area (Å²) in [6.45, 7) is 2.08. The maximum atomic E-state index is 12.2. The van der Waals surface area contributed by atoms with Gasteiger partial charge in [0.15, 0.2) is 0 Å². The lowest BCUT2D eigenvalue weighted by Crippen LogP contribution is -2.48. The quantitative estimate of drug-likeness (QED) is 0.830. The Hall–Kier alpha value is -1.73. The van der Waals surface area contributed by atoms with Crippen LogP contribution in [0.4, 0.5) is 5.69 Å². The van der Waals surface area contributed by atoms with Crippen LogP contribution >= 0.6 is 11.6 Å². The van der Waals surface area contributed by atoms with Gasteiger partial charge in [-0.25, -0.2) is 0 Å². The van der Waals surface area contributed by atoms with Crippen LogP contribution in [-0.2, 0) is 4.79 Å². The number of nitrogens with zero attached hydrogens (tertiary/aromatic N) is 1. The molecule has 1 aliphatic carbocycles. The van der Waals surface area contributed by atoms with Crippen LogP contribution in [0.25, 0.3) is 0 Å². The minimum Gasteiger partial charge on any atom is -0.375 e. The molecule has 5 heteroatoms. The smallest absolute Gasteiger partial charge is 0.240 e. The average molecular weight is 320 g/mol. The van der Waals surface area contributed by atoms with Crippen LogP contribution in [0.3, 0.4) is 0 Å². The molecule has 0 bridgehead atoms. The van der Waals surface area contributed by atoms with E-state index in [1.165, 1.54) is 0 Å². The minimum atomic E-state index is -0.702. The van der Waals surface area contributed by atoms with E-state index in [4.69, 9.17) is 11.6 Å². The number of carbonyl (C=O) groups is 1. The van der Waals surface area contributed by atoms with Crippen molar-refractivity contribution in [3.05, 3.63) is 28.8 Å². The Morgan fingerprint density at radius 1 is 1.32 bits per heavy atom. The zero-order chi connectivity index (χ0) is 16.0. The van der Waals surface area contributed by atoms with E-state index in [0.29, 0.717) is 5.02 Å². The number of hydrogen-bond donors (Lipinski definition) is 2. The Kier molecular flexibility index (Phi) is 5.68. The van der Waals surface area contributed by atoms with Crippen molar-refractivity contribution >= 4 is 23.2 Å². The van der Waals surface area contributed by atoms with Gasteiger partial charge in [-0.3, -0.25) is 4.79 Å². The molecule has 1 amide bonds. The third-order valence-electron chi connectivity index (χ3n) is 4.11. The molecule has 2 rings (SSSR count). The van der Waals surface area contributed by atoms with Crippen LogP contribution in [0.15, 0.2) is 18.2 Å². The fourth-order valence-corrected chi connectivity index (χ4v) is 3.15. The first-order valence-corrected chi connectivity index (χ1v) is 8.15. The number of amides is 1. The average Bonchev–Trinajstić information content (AvgIpc) is 2.72. The second-order valence-electron chi connectivity index (χ2n) is 5.99. The van der Waals surface area contributed by atoms with E-state index in [1.807, 2.05) is 25.1 Å². The number of benzene rings is 1. The topological polar surface area (TPSA) is 64.9 Å². The molecule has 0 atom stereocenters.